The lowest BCUT2D eigenvalue weighted by Gasteiger charge is -2.03. The summed E-state index contributed by atoms with van der Waals surface area (Å²) in [6.07, 6.45) is 1.77. The van der Waals surface area contributed by atoms with Crippen LogP contribution in [0.3, 0.4) is 0 Å². The van der Waals surface area contributed by atoms with Crippen LogP contribution in [0.4, 0.5) is 5.69 Å². The number of phenols is 1. The van der Waals surface area contributed by atoms with E-state index in [4.69, 9.17) is 0 Å². The molecule has 0 bridgehead atoms. The van der Waals surface area contributed by atoms with Crippen molar-refractivity contribution in [2.45, 2.75) is 0 Å². The molecule has 0 atom stereocenters. The van der Waals surface area contributed by atoms with Crippen LogP contribution >= 0.6 is 0 Å². The summed E-state index contributed by atoms with van der Waals surface area (Å²) in [5.41, 5.74) is 2.19. The maximum absolute atomic E-state index is 12.3. The number of carbonyl (C=O) groups is 1. The molecule has 0 saturated heterocycles. The van der Waals surface area contributed by atoms with Gasteiger partial charge in [0.15, 0.2) is 0 Å². The molecular formula is C16H14N2O2. The Labute approximate surface area is 116 Å². The van der Waals surface area contributed by atoms with Crippen molar-refractivity contribution in [1.29, 1.82) is 0 Å². The Balaban J connectivity index is 2.01. The van der Waals surface area contributed by atoms with Crippen LogP contribution in [0.5, 0.6) is 5.75 Å². The second-order valence-corrected chi connectivity index (χ2v) is 4.68. The molecule has 0 spiro atoms. The lowest BCUT2D eigenvalue weighted by molar-refractivity contribution is 0.102. The molecule has 1 aromatic heterocycles. The van der Waals surface area contributed by atoms with Gasteiger partial charge >= 0.3 is 0 Å². The van der Waals surface area contributed by atoms with Crippen LogP contribution in [0.2, 0.25) is 0 Å². The van der Waals surface area contributed by atoms with Gasteiger partial charge in [0.1, 0.15) is 5.75 Å². The summed E-state index contributed by atoms with van der Waals surface area (Å²) in [7, 11) is 1.87. The third-order valence-corrected chi connectivity index (χ3v) is 3.25. The van der Waals surface area contributed by atoms with Crippen LogP contribution < -0.4 is 5.32 Å². The smallest absolute Gasteiger partial charge is 0.257 e. The first-order valence-electron chi connectivity index (χ1n) is 6.29. The minimum atomic E-state index is -0.188. The Morgan fingerprint density at radius 2 is 1.90 bits per heavy atom. The highest BCUT2D eigenvalue weighted by atomic mass is 16.3. The van der Waals surface area contributed by atoms with Gasteiger partial charge in [-0.05, 0) is 30.3 Å². The third kappa shape index (κ3) is 2.12. The van der Waals surface area contributed by atoms with Gasteiger partial charge in [0.2, 0.25) is 0 Å². The molecular weight excluding hydrogens is 252 g/mol. The Kier molecular flexibility index (Phi) is 2.91. The normalized spacial score (nSPS) is 10.7. The zero-order chi connectivity index (χ0) is 14.1. The molecule has 0 fully saturated rings. The van der Waals surface area contributed by atoms with Gasteiger partial charge in [-0.15, -0.1) is 0 Å². The number of phenolic OH excluding ortho intramolecular Hbond substituents is 1. The highest BCUT2D eigenvalue weighted by Crippen LogP contribution is 2.25. The Morgan fingerprint density at radius 3 is 2.65 bits per heavy atom. The number of hydrogen-bond acceptors (Lipinski definition) is 2. The number of aromatic hydroxyl groups is 1. The maximum Gasteiger partial charge on any atom is 0.257 e. The van der Waals surface area contributed by atoms with E-state index >= 15 is 0 Å². The number of carbonyl (C=O) groups excluding carboxylic acids is 1. The number of amides is 1. The van der Waals surface area contributed by atoms with Gasteiger partial charge in [-0.3, -0.25) is 4.79 Å². The van der Waals surface area contributed by atoms with E-state index in [-0.39, 0.29) is 11.7 Å². The number of rotatable bonds is 2. The first kappa shape index (κ1) is 12.3. The van der Waals surface area contributed by atoms with Gasteiger partial charge in [0.05, 0.1) is 5.56 Å². The molecule has 0 aliphatic rings. The van der Waals surface area contributed by atoms with Crippen molar-refractivity contribution in [2.75, 3.05) is 5.32 Å². The first-order valence-corrected chi connectivity index (χ1v) is 6.29. The Bertz CT molecular complexity index is 776. The van der Waals surface area contributed by atoms with E-state index in [0.29, 0.717) is 5.56 Å². The number of nitrogens with zero attached hydrogens (tertiary/aromatic N) is 1. The minimum Gasteiger partial charge on any atom is -0.508 e. The molecule has 1 heterocycles. The van der Waals surface area contributed by atoms with Crippen LogP contribution in [-0.2, 0) is 7.05 Å². The van der Waals surface area contributed by atoms with Crippen molar-refractivity contribution < 1.29 is 9.90 Å². The number of para-hydroxylation sites is 1. The number of nitrogens with one attached hydrogen (secondary N) is 1. The Hall–Kier alpha value is -2.75. The van der Waals surface area contributed by atoms with Crippen molar-refractivity contribution in [3.8, 4) is 5.75 Å². The van der Waals surface area contributed by atoms with Crippen molar-refractivity contribution >= 4 is 22.5 Å². The molecule has 2 N–H and O–H groups in total. The van der Waals surface area contributed by atoms with Crippen LogP contribution in [0.25, 0.3) is 10.9 Å². The number of hydrogen-bond donors (Lipinski definition) is 2. The summed E-state index contributed by atoms with van der Waals surface area (Å²) in [6, 6.07) is 14.3. The summed E-state index contributed by atoms with van der Waals surface area (Å²) >= 11 is 0. The standard InChI is InChI=1S/C16H14N2O2/c1-18-10-14(13-9-12(19)7-8-15(13)18)16(20)17-11-5-3-2-4-6-11/h2-10,19H,1H3,(H,17,20). The van der Waals surface area contributed by atoms with Crippen LogP contribution in [0, 0.1) is 0 Å². The summed E-state index contributed by atoms with van der Waals surface area (Å²) in [5, 5.41) is 13.2. The molecule has 1 amide bonds. The fourth-order valence-electron chi connectivity index (χ4n) is 2.28. The highest BCUT2D eigenvalue weighted by Gasteiger charge is 2.14. The number of benzene rings is 2. The highest BCUT2D eigenvalue weighted by molar-refractivity contribution is 6.13. The van der Waals surface area contributed by atoms with Crippen LogP contribution in [-0.4, -0.2) is 15.6 Å². The minimum absolute atomic E-state index is 0.150. The van der Waals surface area contributed by atoms with Gasteiger partial charge < -0.3 is 15.0 Å². The molecule has 3 rings (SSSR count). The van der Waals surface area contributed by atoms with Crippen molar-refractivity contribution in [3.63, 3.8) is 0 Å². The SMILES string of the molecule is Cn1cc(C(=O)Nc2ccccc2)c2cc(O)ccc21. The van der Waals surface area contributed by atoms with E-state index in [1.54, 1.807) is 24.4 Å². The predicted octanol–water partition coefficient (Wildman–Crippen LogP) is 3.14. The van der Waals surface area contributed by atoms with E-state index in [1.807, 2.05) is 41.9 Å². The topological polar surface area (TPSA) is 54.3 Å². The van der Waals surface area contributed by atoms with Crippen LogP contribution in [0.15, 0.2) is 54.7 Å². The molecule has 4 heteroatoms. The number of anilines is 1. The molecule has 0 aliphatic carbocycles. The summed E-state index contributed by atoms with van der Waals surface area (Å²) in [5.74, 6) is -0.0372. The molecule has 0 radical (unpaired) electrons. The monoisotopic (exact) mass is 266 g/mol. The molecule has 100 valence electrons. The lowest BCUT2D eigenvalue weighted by Crippen LogP contribution is -2.11. The van der Waals surface area contributed by atoms with Gasteiger partial charge in [-0.2, -0.15) is 0 Å². The number of aromatic nitrogens is 1. The number of fused-ring (bicyclic) bond motifs is 1. The maximum atomic E-state index is 12.3. The van der Waals surface area contributed by atoms with Gasteiger partial charge in [-0.1, -0.05) is 18.2 Å². The van der Waals surface area contributed by atoms with Gasteiger partial charge in [-0.25, -0.2) is 0 Å². The van der Waals surface area contributed by atoms with Crippen LogP contribution in [0.1, 0.15) is 10.4 Å². The third-order valence-electron chi connectivity index (χ3n) is 3.25. The molecule has 0 saturated carbocycles. The first-order chi connectivity index (χ1) is 9.65. The molecule has 4 nitrogen and oxygen atoms in total. The molecule has 0 unspecified atom stereocenters. The zero-order valence-electron chi connectivity index (χ0n) is 11.0. The van der Waals surface area contributed by atoms with E-state index in [9.17, 15) is 9.90 Å². The van der Waals surface area contributed by atoms with E-state index in [0.717, 1.165) is 16.6 Å². The summed E-state index contributed by atoms with van der Waals surface area (Å²) < 4.78 is 1.87. The fraction of sp³-hybridized carbons (Fsp3) is 0.0625. The average Bonchev–Trinajstić information content (AvgIpc) is 2.77. The average molecular weight is 266 g/mol. The largest absolute Gasteiger partial charge is 0.508 e. The second kappa shape index (κ2) is 4.74. The molecule has 2 aromatic carbocycles. The molecule has 3 aromatic rings. The lowest BCUT2D eigenvalue weighted by atomic mass is 10.1. The van der Waals surface area contributed by atoms with E-state index in [1.165, 1.54) is 0 Å². The second-order valence-electron chi connectivity index (χ2n) is 4.68. The summed E-state index contributed by atoms with van der Waals surface area (Å²) in [4.78, 5) is 12.3. The predicted molar refractivity (Wildman–Crippen MR) is 79.0 cm³/mol. The zero-order valence-corrected chi connectivity index (χ0v) is 11.0. The van der Waals surface area contributed by atoms with Crippen molar-refractivity contribution in [3.05, 3.63) is 60.3 Å². The Morgan fingerprint density at radius 1 is 1.15 bits per heavy atom. The van der Waals surface area contributed by atoms with E-state index < -0.39 is 0 Å². The quantitative estimate of drug-likeness (QED) is 0.748. The van der Waals surface area contributed by atoms with Crippen molar-refractivity contribution in [1.82, 2.24) is 4.57 Å². The van der Waals surface area contributed by atoms with Gasteiger partial charge in [0, 0.05) is 29.8 Å². The number of aryl methyl sites for hydroxylation is 1. The summed E-state index contributed by atoms with van der Waals surface area (Å²) in [6.45, 7) is 0. The van der Waals surface area contributed by atoms with E-state index in [2.05, 4.69) is 5.32 Å². The molecule has 20 heavy (non-hydrogen) atoms. The van der Waals surface area contributed by atoms with Crippen molar-refractivity contribution in [2.24, 2.45) is 7.05 Å². The molecule has 0 aliphatic heterocycles. The van der Waals surface area contributed by atoms with Gasteiger partial charge in [0.25, 0.3) is 5.91 Å². The fourth-order valence-corrected chi connectivity index (χ4v) is 2.28.